The molecular weight excluding hydrogens is 422 g/mol. The molecule has 1 aliphatic heterocycles. The van der Waals surface area contributed by atoms with Crippen LogP contribution in [0.3, 0.4) is 0 Å². The van der Waals surface area contributed by atoms with Crippen molar-refractivity contribution in [3.05, 3.63) is 70.1 Å². The summed E-state index contributed by atoms with van der Waals surface area (Å²) in [5.41, 5.74) is 3.44. The summed E-state index contributed by atoms with van der Waals surface area (Å²) in [4.78, 5) is 35.6. The Morgan fingerprint density at radius 1 is 1.18 bits per heavy atom. The molecule has 33 heavy (non-hydrogen) atoms. The van der Waals surface area contributed by atoms with Gasteiger partial charge in [-0.25, -0.2) is 9.97 Å². The Morgan fingerprint density at radius 2 is 1.94 bits per heavy atom. The molecule has 0 radical (unpaired) electrons. The van der Waals surface area contributed by atoms with Gasteiger partial charge >= 0.3 is 0 Å². The number of aromatic nitrogens is 3. The number of rotatable bonds is 6. The molecule has 1 fully saturated rings. The molecule has 0 bridgehead atoms. The second kappa shape index (κ2) is 9.40. The molecule has 2 amide bonds. The van der Waals surface area contributed by atoms with Gasteiger partial charge in [-0.2, -0.15) is 0 Å². The van der Waals surface area contributed by atoms with Gasteiger partial charge in [-0.15, -0.1) is 0 Å². The average Bonchev–Trinajstić information content (AvgIpc) is 3.44. The predicted octanol–water partition coefficient (Wildman–Crippen LogP) is 2.96. The second-order valence-electron chi connectivity index (χ2n) is 8.16. The van der Waals surface area contributed by atoms with Crippen molar-refractivity contribution in [2.75, 3.05) is 20.1 Å². The average molecular weight is 450 g/mol. The third-order valence-corrected chi connectivity index (χ3v) is 5.98. The molecule has 1 saturated heterocycles. The van der Waals surface area contributed by atoms with E-state index in [0.29, 0.717) is 48.1 Å². The first-order valence-corrected chi connectivity index (χ1v) is 10.9. The Bertz CT molecular complexity index is 1150. The highest BCUT2D eigenvalue weighted by atomic mass is 16.5. The van der Waals surface area contributed by atoms with Gasteiger partial charge in [0.15, 0.2) is 0 Å². The van der Waals surface area contributed by atoms with Crippen LogP contribution >= 0.6 is 0 Å². The number of hydrogen-bond donors (Lipinski definition) is 1. The molecule has 1 aromatic carbocycles. The van der Waals surface area contributed by atoms with E-state index in [1.165, 1.54) is 0 Å². The zero-order valence-electron chi connectivity index (χ0n) is 19.2. The fourth-order valence-electron chi connectivity index (χ4n) is 3.93. The van der Waals surface area contributed by atoms with Gasteiger partial charge in [0.1, 0.15) is 23.9 Å². The van der Waals surface area contributed by atoms with Gasteiger partial charge in [-0.3, -0.25) is 9.59 Å². The maximum atomic E-state index is 13.0. The van der Waals surface area contributed by atoms with Crippen molar-refractivity contribution in [1.29, 1.82) is 0 Å². The minimum atomic E-state index is -0.207. The summed E-state index contributed by atoms with van der Waals surface area (Å²) in [6, 6.07) is 7.14. The quantitative estimate of drug-likeness (QED) is 0.616. The fourth-order valence-corrected chi connectivity index (χ4v) is 3.93. The summed E-state index contributed by atoms with van der Waals surface area (Å²) in [5.74, 6) is 1.88. The first-order chi connectivity index (χ1) is 15.9. The number of benzene rings is 1. The summed E-state index contributed by atoms with van der Waals surface area (Å²) < 4.78 is 11.0. The van der Waals surface area contributed by atoms with Crippen LogP contribution in [-0.2, 0) is 6.61 Å². The highest BCUT2D eigenvalue weighted by Crippen LogP contribution is 2.27. The van der Waals surface area contributed by atoms with E-state index >= 15 is 0 Å². The lowest BCUT2D eigenvalue weighted by Crippen LogP contribution is -2.28. The maximum absolute atomic E-state index is 13.0. The van der Waals surface area contributed by atoms with E-state index in [-0.39, 0.29) is 17.7 Å². The first kappa shape index (κ1) is 22.4. The molecule has 0 unspecified atom stereocenters. The lowest BCUT2D eigenvalue weighted by Gasteiger charge is -2.17. The predicted molar refractivity (Wildman–Crippen MR) is 120 cm³/mol. The van der Waals surface area contributed by atoms with E-state index in [2.05, 4.69) is 20.4 Å². The number of aryl methyl sites for hydroxylation is 3. The minimum Gasteiger partial charge on any atom is -0.489 e. The van der Waals surface area contributed by atoms with Crippen LogP contribution in [0, 0.1) is 20.8 Å². The van der Waals surface area contributed by atoms with Crippen molar-refractivity contribution >= 4 is 11.8 Å². The van der Waals surface area contributed by atoms with E-state index in [9.17, 15) is 9.59 Å². The van der Waals surface area contributed by atoms with Crippen LogP contribution in [0.5, 0.6) is 5.75 Å². The van der Waals surface area contributed by atoms with Crippen molar-refractivity contribution < 1.29 is 18.8 Å². The molecule has 0 saturated carbocycles. The molecule has 9 nitrogen and oxygen atoms in total. The van der Waals surface area contributed by atoms with Crippen LogP contribution in [0.1, 0.15) is 61.6 Å². The number of hydrogen-bond acceptors (Lipinski definition) is 7. The highest BCUT2D eigenvalue weighted by Gasteiger charge is 2.30. The van der Waals surface area contributed by atoms with Crippen molar-refractivity contribution in [2.24, 2.45) is 0 Å². The van der Waals surface area contributed by atoms with Gasteiger partial charge < -0.3 is 19.5 Å². The number of carbonyl (C=O) groups is 2. The molecule has 172 valence electrons. The fraction of sp³-hybridized carbons (Fsp3) is 0.375. The second-order valence-corrected chi connectivity index (χ2v) is 8.16. The molecule has 0 aliphatic carbocycles. The Labute approximate surface area is 192 Å². The van der Waals surface area contributed by atoms with E-state index < -0.39 is 0 Å². The number of nitrogens with one attached hydrogen (secondary N) is 1. The van der Waals surface area contributed by atoms with Crippen LogP contribution < -0.4 is 10.1 Å². The number of carbonyl (C=O) groups excluding carboxylic acids is 2. The van der Waals surface area contributed by atoms with Gasteiger partial charge in [0, 0.05) is 37.8 Å². The summed E-state index contributed by atoms with van der Waals surface area (Å²) in [6.45, 7) is 7.06. The largest absolute Gasteiger partial charge is 0.489 e. The Hall–Kier alpha value is -3.75. The molecule has 0 spiro atoms. The molecule has 1 N–H and O–H groups in total. The van der Waals surface area contributed by atoms with Crippen LogP contribution in [-0.4, -0.2) is 52.0 Å². The topological polar surface area (TPSA) is 110 Å². The van der Waals surface area contributed by atoms with E-state index in [1.807, 2.05) is 18.7 Å². The lowest BCUT2D eigenvalue weighted by molar-refractivity contribution is 0.0790. The zero-order valence-corrected chi connectivity index (χ0v) is 19.2. The van der Waals surface area contributed by atoms with Crippen LogP contribution in [0.2, 0.25) is 0 Å². The first-order valence-electron chi connectivity index (χ1n) is 10.9. The van der Waals surface area contributed by atoms with Crippen molar-refractivity contribution in [2.45, 2.75) is 39.7 Å². The van der Waals surface area contributed by atoms with E-state index in [1.54, 1.807) is 44.4 Å². The third kappa shape index (κ3) is 4.72. The molecule has 3 aromatic rings. The van der Waals surface area contributed by atoms with Crippen molar-refractivity contribution in [3.63, 3.8) is 0 Å². The Balaban J connectivity index is 1.37. The molecule has 1 atom stereocenters. The van der Waals surface area contributed by atoms with E-state index in [0.717, 1.165) is 23.4 Å². The normalized spacial score (nSPS) is 15.5. The van der Waals surface area contributed by atoms with Crippen LogP contribution in [0.15, 0.2) is 35.0 Å². The molecule has 4 rings (SSSR count). The standard InChI is InChI=1S/C24H27N5O4/c1-14-20(23(30)25-4)11-26-22(27-14)18-9-10-29(12-18)24(31)17-5-7-19(8-6-17)32-13-21-15(2)28-33-16(21)3/h5-8,11,18H,9-10,12-13H2,1-4H3,(H,25,30)/t18-/m0/s1. The highest BCUT2D eigenvalue weighted by molar-refractivity contribution is 5.95. The van der Waals surface area contributed by atoms with Crippen molar-refractivity contribution in [1.82, 2.24) is 25.3 Å². The van der Waals surface area contributed by atoms with Crippen molar-refractivity contribution in [3.8, 4) is 5.75 Å². The van der Waals surface area contributed by atoms with Gasteiger partial charge in [-0.05, 0) is 51.5 Å². The zero-order chi connectivity index (χ0) is 23.5. The molecule has 2 aromatic heterocycles. The molecule has 9 heteroatoms. The Morgan fingerprint density at radius 3 is 2.58 bits per heavy atom. The van der Waals surface area contributed by atoms with Gasteiger partial charge in [0.25, 0.3) is 11.8 Å². The van der Waals surface area contributed by atoms with Gasteiger partial charge in [-0.1, -0.05) is 5.16 Å². The number of amides is 2. The molecule has 1 aliphatic rings. The maximum Gasteiger partial charge on any atom is 0.254 e. The SMILES string of the molecule is CNC(=O)c1cnc([C@H]2CCN(C(=O)c3ccc(OCc4c(C)noc4C)cc3)C2)nc1C. The molecule has 3 heterocycles. The van der Waals surface area contributed by atoms with Gasteiger partial charge in [0.05, 0.1) is 22.5 Å². The third-order valence-electron chi connectivity index (χ3n) is 5.98. The minimum absolute atomic E-state index is 0.0338. The van der Waals surface area contributed by atoms with Crippen LogP contribution in [0.4, 0.5) is 0 Å². The Kier molecular flexibility index (Phi) is 6.39. The summed E-state index contributed by atoms with van der Waals surface area (Å²) in [6.07, 6.45) is 2.34. The lowest BCUT2D eigenvalue weighted by atomic mass is 10.1. The number of nitrogens with zero attached hydrogens (tertiary/aromatic N) is 4. The summed E-state index contributed by atoms with van der Waals surface area (Å²) >= 11 is 0. The smallest absolute Gasteiger partial charge is 0.254 e. The summed E-state index contributed by atoms with van der Waals surface area (Å²) in [5, 5.41) is 6.51. The van der Waals surface area contributed by atoms with E-state index in [4.69, 9.17) is 9.26 Å². The van der Waals surface area contributed by atoms with Gasteiger partial charge in [0.2, 0.25) is 0 Å². The number of likely N-dealkylation sites (tertiary alicyclic amines) is 1. The van der Waals surface area contributed by atoms with Crippen LogP contribution in [0.25, 0.3) is 0 Å². The monoisotopic (exact) mass is 449 g/mol. The number of ether oxygens (including phenoxy) is 1. The molecular formula is C24H27N5O4. The summed E-state index contributed by atoms with van der Waals surface area (Å²) in [7, 11) is 1.58.